The molecule has 5 heteroatoms. The molecule has 0 aliphatic rings. The molecule has 0 fully saturated rings. The van der Waals surface area contributed by atoms with Crippen LogP contribution < -0.4 is 9.47 Å². The van der Waals surface area contributed by atoms with Gasteiger partial charge in [-0.05, 0) is 31.9 Å². The van der Waals surface area contributed by atoms with Crippen LogP contribution in [0.3, 0.4) is 0 Å². The Hall–Kier alpha value is -0.840. The zero-order valence-corrected chi connectivity index (χ0v) is 11.2. The lowest BCUT2D eigenvalue weighted by Crippen LogP contribution is -2.03. The fraction of sp³-hybridized carbons (Fsp3) is 0.500. The number of alkyl halides is 1. The van der Waals surface area contributed by atoms with Crippen LogP contribution in [0.4, 0.5) is 8.78 Å². The first-order chi connectivity index (χ1) is 8.20. The summed E-state index contributed by atoms with van der Waals surface area (Å²) in [4.78, 5) is 0. The van der Waals surface area contributed by atoms with E-state index in [0.717, 1.165) is 18.2 Å². The topological polar surface area (TPSA) is 18.5 Å². The quantitative estimate of drug-likeness (QED) is 0.561. The molecule has 0 spiro atoms. The van der Waals surface area contributed by atoms with Crippen LogP contribution in [-0.2, 0) is 0 Å². The predicted octanol–water partition coefficient (Wildman–Crippen LogP) is 3.92. The highest BCUT2D eigenvalue weighted by atomic mass is 79.9. The van der Waals surface area contributed by atoms with Gasteiger partial charge in [0.1, 0.15) is 0 Å². The molecular formula is C12H15BrF2O2. The smallest absolute Gasteiger partial charge is 0.204 e. The van der Waals surface area contributed by atoms with Gasteiger partial charge in [-0.15, -0.1) is 0 Å². The van der Waals surface area contributed by atoms with Crippen LogP contribution in [0.15, 0.2) is 12.1 Å². The summed E-state index contributed by atoms with van der Waals surface area (Å²) >= 11 is 3.28. The van der Waals surface area contributed by atoms with Gasteiger partial charge in [-0.3, -0.25) is 0 Å². The van der Waals surface area contributed by atoms with Gasteiger partial charge in [-0.1, -0.05) is 15.9 Å². The lowest BCUT2D eigenvalue weighted by molar-refractivity contribution is 0.278. The van der Waals surface area contributed by atoms with Gasteiger partial charge in [0.25, 0.3) is 0 Å². The summed E-state index contributed by atoms with van der Waals surface area (Å²) in [6.07, 6.45) is 1.72. The first kappa shape index (κ1) is 14.2. The Kier molecular flexibility index (Phi) is 6.26. The van der Waals surface area contributed by atoms with E-state index in [9.17, 15) is 8.78 Å². The number of ether oxygens (including phenoxy) is 2. The molecule has 0 aliphatic heterocycles. The Morgan fingerprint density at radius 3 is 2.18 bits per heavy atom. The molecule has 0 heterocycles. The second-order valence-corrected chi connectivity index (χ2v) is 4.16. The van der Waals surface area contributed by atoms with Crippen molar-refractivity contribution in [3.8, 4) is 11.5 Å². The van der Waals surface area contributed by atoms with Crippen LogP contribution in [0, 0.1) is 11.6 Å². The Balaban J connectivity index is 2.64. The van der Waals surface area contributed by atoms with Crippen molar-refractivity contribution in [1.82, 2.24) is 0 Å². The number of hydrogen-bond acceptors (Lipinski definition) is 2. The number of benzene rings is 1. The zero-order valence-electron chi connectivity index (χ0n) is 9.64. The molecule has 0 aliphatic carbocycles. The molecule has 0 saturated carbocycles. The summed E-state index contributed by atoms with van der Waals surface area (Å²) in [5, 5.41) is 0.872. The fourth-order valence-corrected chi connectivity index (χ4v) is 1.67. The van der Waals surface area contributed by atoms with E-state index in [1.165, 1.54) is 12.1 Å². The highest BCUT2D eigenvalue weighted by molar-refractivity contribution is 9.09. The average Bonchev–Trinajstić information content (AvgIpc) is 2.33. The number of rotatable bonds is 7. The van der Waals surface area contributed by atoms with Crippen molar-refractivity contribution in [3.63, 3.8) is 0 Å². The number of hydrogen-bond donors (Lipinski definition) is 0. The maximum Gasteiger partial charge on any atom is 0.204 e. The van der Waals surface area contributed by atoms with Crippen molar-refractivity contribution < 1.29 is 18.3 Å². The Morgan fingerprint density at radius 1 is 1.06 bits per heavy atom. The molecule has 17 heavy (non-hydrogen) atoms. The van der Waals surface area contributed by atoms with Crippen LogP contribution in [0.25, 0.3) is 0 Å². The normalized spacial score (nSPS) is 10.4. The highest BCUT2D eigenvalue weighted by Crippen LogP contribution is 2.27. The maximum absolute atomic E-state index is 13.5. The molecule has 0 radical (unpaired) electrons. The van der Waals surface area contributed by atoms with Gasteiger partial charge < -0.3 is 9.47 Å². The molecular weight excluding hydrogens is 294 g/mol. The summed E-state index contributed by atoms with van der Waals surface area (Å²) in [5.74, 6) is -2.14. The molecule has 0 N–H and O–H groups in total. The van der Waals surface area contributed by atoms with Gasteiger partial charge >= 0.3 is 0 Å². The van der Waals surface area contributed by atoms with E-state index < -0.39 is 11.6 Å². The van der Waals surface area contributed by atoms with Crippen molar-refractivity contribution in [2.24, 2.45) is 0 Å². The van der Waals surface area contributed by atoms with E-state index in [1.54, 1.807) is 6.92 Å². The van der Waals surface area contributed by atoms with Crippen molar-refractivity contribution in [2.75, 3.05) is 18.5 Å². The third-order valence-corrected chi connectivity index (χ3v) is 2.66. The molecule has 0 atom stereocenters. The Bertz CT molecular complexity index is 359. The first-order valence-electron chi connectivity index (χ1n) is 5.50. The van der Waals surface area contributed by atoms with E-state index >= 15 is 0 Å². The van der Waals surface area contributed by atoms with Crippen molar-refractivity contribution in [3.05, 3.63) is 23.8 Å². The van der Waals surface area contributed by atoms with Gasteiger partial charge in [-0.2, -0.15) is 8.78 Å². The van der Waals surface area contributed by atoms with Crippen LogP contribution >= 0.6 is 15.9 Å². The van der Waals surface area contributed by atoms with E-state index in [1.807, 2.05) is 0 Å². The second-order valence-electron chi connectivity index (χ2n) is 3.37. The van der Waals surface area contributed by atoms with Gasteiger partial charge in [0, 0.05) is 5.33 Å². The lowest BCUT2D eigenvalue weighted by Gasteiger charge is -2.10. The van der Waals surface area contributed by atoms with Gasteiger partial charge in [0.2, 0.25) is 11.6 Å². The molecule has 2 nitrogen and oxygen atoms in total. The SMILES string of the molecule is CCOc1ccc(OCCCCBr)c(F)c1F. The van der Waals surface area contributed by atoms with Crippen LogP contribution in [0.1, 0.15) is 19.8 Å². The second kappa shape index (κ2) is 7.48. The molecule has 0 amide bonds. The molecule has 96 valence electrons. The van der Waals surface area contributed by atoms with Crippen LogP contribution in [0.2, 0.25) is 0 Å². The summed E-state index contributed by atoms with van der Waals surface area (Å²) < 4.78 is 37.0. The van der Waals surface area contributed by atoms with Crippen molar-refractivity contribution in [1.29, 1.82) is 0 Å². The first-order valence-corrected chi connectivity index (χ1v) is 6.62. The van der Waals surface area contributed by atoms with Crippen molar-refractivity contribution >= 4 is 15.9 Å². The van der Waals surface area contributed by atoms with E-state index in [0.29, 0.717) is 13.2 Å². The van der Waals surface area contributed by atoms with Crippen LogP contribution in [-0.4, -0.2) is 18.5 Å². The number of halogens is 3. The minimum atomic E-state index is -0.996. The predicted molar refractivity (Wildman–Crippen MR) is 66.1 cm³/mol. The Labute approximate surface area is 108 Å². The summed E-state index contributed by atoms with van der Waals surface area (Å²) in [6.45, 7) is 2.37. The van der Waals surface area contributed by atoms with Gasteiger partial charge in [0.15, 0.2) is 11.5 Å². The molecule has 1 rings (SSSR count). The Morgan fingerprint density at radius 2 is 1.65 bits per heavy atom. The van der Waals surface area contributed by atoms with Crippen LogP contribution in [0.5, 0.6) is 11.5 Å². The molecule has 0 aromatic heterocycles. The third-order valence-electron chi connectivity index (χ3n) is 2.10. The zero-order chi connectivity index (χ0) is 12.7. The summed E-state index contributed by atoms with van der Waals surface area (Å²) in [7, 11) is 0. The minimum Gasteiger partial charge on any atom is -0.491 e. The summed E-state index contributed by atoms with van der Waals surface area (Å²) in [5.41, 5.74) is 0. The van der Waals surface area contributed by atoms with Gasteiger partial charge in [-0.25, -0.2) is 0 Å². The minimum absolute atomic E-state index is 0.0690. The lowest BCUT2D eigenvalue weighted by atomic mass is 10.3. The average molecular weight is 309 g/mol. The monoisotopic (exact) mass is 308 g/mol. The van der Waals surface area contributed by atoms with Gasteiger partial charge in [0.05, 0.1) is 13.2 Å². The number of unbranched alkanes of at least 4 members (excludes halogenated alkanes) is 1. The largest absolute Gasteiger partial charge is 0.491 e. The molecule has 0 saturated heterocycles. The highest BCUT2D eigenvalue weighted by Gasteiger charge is 2.15. The molecule has 1 aromatic rings. The summed E-state index contributed by atoms with van der Waals surface area (Å²) in [6, 6.07) is 2.76. The van der Waals surface area contributed by atoms with E-state index in [2.05, 4.69) is 15.9 Å². The molecule has 1 aromatic carbocycles. The standard InChI is InChI=1S/C12H15BrF2O2/c1-2-16-9-5-6-10(12(15)11(9)14)17-8-4-3-7-13/h5-6H,2-4,7-8H2,1H3. The van der Waals surface area contributed by atoms with Crippen molar-refractivity contribution in [2.45, 2.75) is 19.8 Å². The third kappa shape index (κ3) is 4.15. The molecule has 0 bridgehead atoms. The molecule has 0 unspecified atom stereocenters. The van der Waals surface area contributed by atoms with E-state index in [-0.39, 0.29) is 11.5 Å². The maximum atomic E-state index is 13.5. The fourth-order valence-electron chi connectivity index (χ4n) is 1.27. The van der Waals surface area contributed by atoms with E-state index in [4.69, 9.17) is 9.47 Å².